The predicted molar refractivity (Wildman–Crippen MR) is 74.3 cm³/mol. The lowest BCUT2D eigenvalue weighted by molar-refractivity contribution is 0.0957. The molecule has 0 aromatic carbocycles. The van der Waals surface area contributed by atoms with Crippen LogP contribution in [0, 0.1) is 5.41 Å². The Labute approximate surface area is 112 Å². The Morgan fingerprint density at radius 1 is 1.44 bits per heavy atom. The van der Waals surface area contributed by atoms with E-state index in [0.717, 1.165) is 19.6 Å². The van der Waals surface area contributed by atoms with Gasteiger partial charge in [0.1, 0.15) is 0 Å². The van der Waals surface area contributed by atoms with Gasteiger partial charge in [-0.25, -0.2) is 5.84 Å². The highest BCUT2D eigenvalue weighted by molar-refractivity contribution is 7.14. The van der Waals surface area contributed by atoms with Crippen molar-refractivity contribution in [2.75, 3.05) is 13.1 Å². The number of hydrazine groups is 1. The number of hydrogen-bond acceptors (Lipinski definition) is 4. The normalized spacial score (nSPS) is 19.7. The van der Waals surface area contributed by atoms with E-state index in [1.165, 1.54) is 29.1 Å². The van der Waals surface area contributed by atoms with Crippen molar-refractivity contribution in [3.63, 3.8) is 0 Å². The van der Waals surface area contributed by atoms with Crippen molar-refractivity contribution in [3.8, 4) is 0 Å². The summed E-state index contributed by atoms with van der Waals surface area (Å²) in [6.45, 7) is 7.89. The van der Waals surface area contributed by atoms with Crippen LogP contribution in [-0.2, 0) is 6.54 Å². The zero-order chi connectivity index (χ0) is 13.2. The van der Waals surface area contributed by atoms with Crippen molar-refractivity contribution in [1.29, 1.82) is 0 Å². The highest BCUT2D eigenvalue weighted by Gasteiger charge is 2.25. The lowest BCUT2D eigenvalue weighted by Crippen LogP contribution is -2.36. The quantitative estimate of drug-likeness (QED) is 0.500. The molecule has 100 valence electrons. The van der Waals surface area contributed by atoms with Gasteiger partial charge in [-0.3, -0.25) is 15.1 Å². The molecule has 4 nitrogen and oxygen atoms in total. The molecule has 0 aliphatic carbocycles. The molecule has 1 saturated heterocycles. The maximum atomic E-state index is 11.4. The number of thiophene rings is 1. The predicted octanol–water partition coefficient (Wildman–Crippen LogP) is 1.97. The summed E-state index contributed by atoms with van der Waals surface area (Å²) in [4.78, 5) is 15.7. The number of piperidine rings is 1. The van der Waals surface area contributed by atoms with Crippen LogP contribution in [0.3, 0.4) is 0 Å². The average Bonchev–Trinajstić information content (AvgIpc) is 2.79. The van der Waals surface area contributed by atoms with Crippen LogP contribution in [0.4, 0.5) is 0 Å². The minimum absolute atomic E-state index is 0.203. The monoisotopic (exact) mass is 267 g/mol. The van der Waals surface area contributed by atoms with Gasteiger partial charge in [0.15, 0.2) is 0 Å². The van der Waals surface area contributed by atoms with Crippen molar-refractivity contribution >= 4 is 17.2 Å². The second-order valence-electron chi connectivity index (χ2n) is 5.68. The number of hydrogen-bond donors (Lipinski definition) is 2. The number of carbonyl (C=O) groups is 1. The number of nitrogens with two attached hydrogens (primary N) is 1. The summed E-state index contributed by atoms with van der Waals surface area (Å²) in [5, 5.41) is 0. The summed E-state index contributed by atoms with van der Waals surface area (Å²) in [5.41, 5.74) is 2.65. The lowest BCUT2D eigenvalue weighted by Gasteiger charge is -2.36. The van der Waals surface area contributed by atoms with Gasteiger partial charge in [-0.1, -0.05) is 13.8 Å². The molecule has 1 aromatic rings. The van der Waals surface area contributed by atoms with Gasteiger partial charge in [-0.15, -0.1) is 11.3 Å². The summed E-state index contributed by atoms with van der Waals surface area (Å²) in [7, 11) is 0. The maximum Gasteiger partial charge on any atom is 0.275 e. The van der Waals surface area contributed by atoms with Gasteiger partial charge in [-0.2, -0.15) is 0 Å². The van der Waals surface area contributed by atoms with Crippen LogP contribution < -0.4 is 11.3 Å². The van der Waals surface area contributed by atoms with Gasteiger partial charge in [0.25, 0.3) is 5.91 Å². The molecule has 5 heteroatoms. The van der Waals surface area contributed by atoms with Gasteiger partial charge >= 0.3 is 0 Å². The summed E-state index contributed by atoms with van der Waals surface area (Å²) in [6.07, 6.45) is 2.49. The molecule has 0 spiro atoms. The molecule has 0 bridgehead atoms. The fourth-order valence-corrected chi connectivity index (χ4v) is 3.15. The van der Waals surface area contributed by atoms with E-state index < -0.39 is 0 Å². The molecule has 0 saturated carbocycles. The minimum atomic E-state index is -0.203. The summed E-state index contributed by atoms with van der Waals surface area (Å²) >= 11 is 1.53. The Morgan fingerprint density at radius 3 is 2.72 bits per heavy atom. The molecular formula is C13H21N3OS. The topological polar surface area (TPSA) is 58.4 Å². The first kappa shape index (κ1) is 13.5. The molecule has 1 aromatic heterocycles. The van der Waals surface area contributed by atoms with Crippen molar-refractivity contribution < 1.29 is 4.79 Å². The van der Waals surface area contributed by atoms with Crippen LogP contribution in [0.25, 0.3) is 0 Å². The number of carbonyl (C=O) groups excluding carboxylic acids is 1. The van der Waals surface area contributed by atoms with E-state index in [9.17, 15) is 4.79 Å². The lowest BCUT2D eigenvalue weighted by atomic mass is 9.83. The number of nitrogens with one attached hydrogen (secondary N) is 1. The molecule has 2 rings (SSSR count). The third-order valence-corrected chi connectivity index (χ3v) is 4.67. The van der Waals surface area contributed by atoms with E-state index in [1.807, 2.05) is 12.1 Å². The van der Waals surface area contributed by atoms with Crippen LogP contribution in [0.5, 0.6) is 0 Å². The van der Waals surface area contributed by atoms with Crippen LogP contribution in [0.15, 0.2) is 12.1 Å². The van der Waals surface area contributed by atoms with E-state index in [1.54, 1.807) is 0 Å². The van der Waals surface area contributed by atoms with Gasteiger partial charge in [0.05, 0.1) is 4.88 Å². The Morgan fingerprint density at radius 2 is 2.11 bits per heavy atom. The molecule has 2 heterocycles. The summed E-state index contributed by atoms with van der Waals surface area (Å²) < 4.78 is 0. The van der Waals surface area contributed by atoms with E-state index in [2.05, 4.69) is 24.2 Å². The molecule has 18 heavy (non-hydrogen) atoms. The number of likely N-dealkylation sites (tertiary alicyclic amines) is 1. The largest absolute Gasteiger partial charge is 0.298 e. The number of rotatable bonds is 3. The standard InChI is InChI=1S/C13H21N3OS/c1-13(2)5-7-16(8-6-13)9-10-3-4-11(18-10)12(17)15-14/h3-4H,5-9,14H2,1-2H3,(H,15,17). The Balaban J connectivity index is 1.90. The van der Waals surface area contributed by atoms with Crippen molar-refractivity contribution in [3.05, 3.63) is 21.9 Å². The molecule has 1 aliphatic rings. The second-order valence-corrected chi connectivity index (χ2v) is 6.85. The second kappa shape index (κ2) is 5.38. The number of nitrogens with zero attached hydrogens (tertiary/aromatic N) is 1. The Bertz CT molecular complexity index is 418. The van der Waals surface area contributed by atoms with Crippen molar-refractivity contribution in [2.24, 2.45) is 11.3 Å². The van der Waals surface area contributed by atoms with E-state index in [4.69, 9.17) is 5.84 Å². The molecule has 0 unspecified atom stereocenters. The third kappa shape index (κ3) is 3.31. The van der Waals surface area contributed by atoms with Crippen molar-refractivity contribution in [1.82, 2.24) is 10.3 Å². The Kier molecular flexibility index (Phi) is 4.04. The van der Waals surface area contributed by atoms with E-state index in [0.29, 0.717) is 10.3 Å². The minimum Gasteiger partial charge on any atom is -0.298 e. The molecule has 1 fully saturated rings. The highest BCUT2D eigenvalue weighted by Crippen LogP contribution is 2.30. The number of amides is 1. The van der Waals surface area contributed by atoms with Gasteiger partial charge < -0.3 is 0 Å². The summed E-state index contributed by atoms with van der Waals surface area (Å²) in [5.74, 6) is 4.92. The van der Waals surface area contributed by atoms with Crippen molar-refractivity contribution in [2.45, 2.75) is 33.2 Å². The Hall–Kier alpha value is -0.910. The maximum absolute atomic E-state index is 11.4. The molecule has 1 aliphatic heterocycles. The molecule has 1 amide bonds. The molecule has 0 atom stereocenters. The fraction of sp³-hybridized carbons (Fsp3) is 0.615. The van der Waals surface area contributed by atoms with Gasteiger partial charge in [0.2, 0.25) is 0 Å². The van der Waals surface area contributed by atoms with Gasteiger partial charge in [-0.05, 0) is 43.5 Å². The molecular weight excluding hydrogens is 246 g/mol. The molecule has 0 radical (unpaired) electrons. The highest BCUT2D eigenvalue weighted by atomic mass is 32.1. The van der Waals surface area contributed by atoms with E-state index >= 15 is 0 Å². The third-order valence-electron chi connectivity index (χ3n) is 3.61. The van der Waals surface area contributed by atoms with E-state index in [-0.39, 0.29) is 5.91 Å². The number of nitrogen functional groups attached to an aromatic ring is 1. The van der Waals surface area contributed by atoms with Crippen LogP contribution in [0.1, 0.15) is 41.2 Å². The smallest absolute Gasteiger partial charge is 0.275 e. The zero-order valence-corrected chi connectivity index (χ0v) is 11.8. The fourth-order valence-electron chi connectivity index (χ4n) is 2.19. The average molecular weight is 267 g/mol. The van der Waals surface area contributed by atoms with Gasteiger partial charge in [0, 0.05) is 11.4 Å². The van der Waals surface area contributed by atoms with Crippen LogP contribution in [-0.4, -0.2) is 23.9 Å². The first-order valence-electron chi connectivity index (χ1n) is 6.32. The molecule has 3 N–H and O–H groups in total. The summed E-state index contributed by atoms with van der Waals surface area (Å²) in [6, 6.07) is 3.87. The first-order chi connectivity index (χ1) is 8.50. The zero-order valence-electron chi connectivity index (χ0n) is 11.0. The SMILES string of the molecule is CC1(C)CCN(Cc2ccc(C(=O)NN)s2)CC1. The first-order valence-corrected chi connectivity index (χ1v) is 7.14. The van der Waals surface area contributed by atoms with Crippen LogP contribution in [0.2, 0.25) is 0 Å². The van der Waals surface area contributed by atoms with Crippen LogP contribution >= 0.6 is 11.3 Å².